The molecule has 2 N–H and O–H groups in total. The third-order valence-corrected chi connectivity index (χ3v) is 21.0. The summed E-state index contributed by atoms with van der Waals surface area (Å²) in [5.74, 6) is -0.233. The number of carbonyl (C=O) groups excluding carboxylic acids is 2. The van der Waals surface area contributed by atoms with Crippen LogP contribution in [0.2, 0.25) is 36.3 Å². The summed E-state index contributed by atoms with van der Waals surface area (Å²) in [6.45, 7) is 22.3. The summed E-state index contributed by atoms with van der Waals surface area (Å²) in [5, 5.41) is 22.5. The molecule has 0 radical (unpaired) electrons. The Morgan fingerprint density at radius 3 is 1.27 bits per heavy atom. The van der Waals surface area contributed by atoms with Crippen LogP contribution in [0.4, 0.5) is 0 Å². The van der Waals surface area contributed by atoms with Crippen molar-refractivity contribution in [3.8, 4) is 0 Å². The Morgan fingerprint density at radius 1 is 0.650 bits per heavy atom. The molecule has 2 amide bonds. The molecule has 3 aliphatic heterocycles. The van der Waals surface area contributed by atoms with Crippen LogP contribution in [0.1, 0.15) is 80.1 Å². The van der Waals surface area contributed by atoms with Gasteiger partial charge in [0.15, 0.2) is 16.6 Å². The van der Waals surface area contributed by atoms with Gasteiger partial charge in [0.25, 0.3) is 0 Å². The fraction of sp³-hybridized carbons (Fsp3) is 0.933. The molecule has 3 saturated heterocycles. The first-order chi connectivity index (χ1) is 18.3. The van der Waals surface area contributed by atoms with Crippen LogP contribution in [0, 0.1) is 11.8 Å². The minimum absolute atomic E-state index is 0.0493. The highest BCUT2D eigenvalue weighted by Crippen LogP contribution is 2.51. The number of hydrogen-bond donors (Lipinski definition) is 2. The molecule has 0 aromatic rings. The van der Waals surface area contributed by atoms with Crippen molar-refractivity contribution < 1.29 is 28.7 Å². The molecule has 10 atom stereocenters. The maximum Gasteiger partial charge on any atom is 0.246 e. The molecule has 0 bridgehead atoms. The second kappa shape index (κ2) is 9.87. The predicted octanol–water partition coefficient (Wildman–Crippen LogP) is 4.26. The molecule has 10 heteroatoms. The van der Waals surface area contributed by atoms with Crippen molar-refractivity contribution in [3.63, 3.8) is 0 Å². The van der Waals surface area contributed by atoms with Crippen LogP contribution >= 0.6 is 0 Å². The maximum atomic E-state index is 14.3. The second-order valence-corrected chi connectivity index (χ2v) is 25.9. The summed E-state index contributed by atoms with van der Waals surface area (Å²) in [6, 6.07) is -1.97. The molecule has 5 rings (SSSR count). The average molecular weight is 595 g/mol. The number of nitrogens with zero attached hydrogens (tertiary/aromatic N) is 2. The zero-order valence-electron chi connectivity index (χ0n) is 26.4. The fourth-order valence-electron chi connectivity index (χ4n) is 7.76. The van der Waals surface area contributed by atoms with E-state index in [2.05, 4.69) is 67.7 Å². The second-order valence-electron chi connectivity index (χ2n) is 16.4. The van der Waals surface area contributed by atoms with Crippen molar-refractivity contribution >= 4 is 28.4 Å². The molecule has 0 spiro atoms. The molecule has 0 unspecified atom stereocenters. The first-order valence-corrected chi connectivity index (χ1v) is 21.4. The first kappa shape index (κ1) is 30.7. The minimum Gasteiger partial charge on any atom is -0.414 e. The Balaban J connectivity index is 1.42. The molecular weight excluding hydrogens is 541 g/mol. The van der Waals surface area contributed by atoms with Crippen LogP contribution < -0.4 is 0 Å². The summed E-state index contributed by atoms with van der Waals surface area (Å²) in [4.78, 5) is 32.0. The largest absolute Gasteiger partial charge is 0.414 e. The van der Waals surface area contributed by atoms with E-state index in [1.807, 2.05) is 0 Å². The molecule has 2 saturated carbocycles. The zero-order chi connectivity index (χ0) is 29.7. The van der Waals surface area contributed by atoms with Crippen molar-refractivity contribution in [1.29, 1.82) is 0 Å². The lowest BCUT2D eigenvalue weighted by atomic mass is 9.79. The van der Waals surface area contributed by atoms with Gasteiger partial charge >= 0.3 is 0 Å². The van der Waals surface area contributed by atoms with Gasteiger partial charge in [0.05, 0.1) is 36.5 Å². The van der Waals surface area contributed by atoms with Gasteiger partial charge in [-0.2, -0.15) is 0 Å². The van der Waals surface area contributed by atoms with Gasteiger partial charge in [-0.05, 0) is 74.8 Å². The van der Waals surface area contributed by atoms with Crippen molar-refractivity contribution in [2.45, 2.75) is 165 Å². The lowest BCUT2D eigenvalue weighted by Crippen LogP contribution is -2.67. The minimum atomic E-state index is -2.08. The van der Waals surface area contributed by atoms with Crippen LogP contribution in [-0.2, 0) is 18.4 Å². The summed E-state index contributed by atoms with van der Waals surface area (Å²) >= 11 is 0. The highest BCUT2D eigenvalue weighted by Gasteiger charge is 2.65. The van der Waals surface area contributed by atoms with E-state index in [0.717, 1.165) is 12.8 Å². The summed E-state index contributed by atoms with van der Waals surface area (Å²) in [7, 11) is -4.15. The molecule has 40 heavy (non-hydrogen) atoms. The Morgan fingerprint density at radius 2 is 0.975 bits per heavy atom. The number of hydrogen-bond acceptors (Lipinski definition) is 6. The van der Waals surface area contributed by atoms with Crippen LogP contribution in [0.25, 0.3) is 0 Å². The predicted molar refractivity (Wildman–Crippen MR) is 160 cm³/mol. The third-order valence-electron chi connectivity index (χ3n) is 12.0. The molecule has 2 aliphatic carbocycles. The van der Waals surface area contributed by atoms with E-state index in [9.17, 15) is 19.8 Å². The number of fused-ring (bicyclic) bond motifs is 6. The number of amides is 2. The van der Waals surface area contributed by atoms with Crippen molar-refractivity contribution in [2.75, 3.05) is 0 Å². The van der Waals surface area contributed by atoms with Gasteiger partial charge in [0, 0.05) is 11.8 Å². The lowest BCUT2D eigenvalue weighted by Gasteiger charge is -2.48. The van der Waals surface area contributed by atoms with E-state index >= 15 is 0 Å². The van der Waals surface area contributed by atoms with Gasteiger partial charge in [0.2, 0.25) is 11.8 Å². The molecule has 228 valence electrons. The van der Waals surface area contributed by atoms with Crippen LogP contribution in [-0.4, -0.2) is 97.0 Å². The molecule has 8 nitrogen and oxygen atoms in total. The molecule has 5 aliphatic rings. The van der Waals surface area contributed by atoms with Crippen molar-refractivity contribution in [3.05, 3.63) is 0 Å². The monoisotopic (exact) mass is 594 g/mol. The van der Waals surface area contributed by atoms with Gasteiger partial charge < -0.3 is 28.9 Å². The fourth-order valence-corrected chi connectivity index (χ4v) is 10.6. The van der Waals surface area contributed by atoms with E-state index in [1.165, 1.54) is 0 Å². The normalized spacial score (nSPS) is 40.6. The molecule has 0 aromatic heterocycles. The maximum absolute atomic E-state index is 14.3. The number of aliphatic hydroxyl groups is 2. The van der Waals surface area contributed by atoms with Gasteiger partial charge in [-0.3, -0.25) is 9.59 Å². The lowest BCUT2D eigenvalue weighted by molar-refractivity contribution is -0.166. The SMILES string of the molecule is CC(C)(C)[Si](C)(C)O[C@H]1CC[C@H](O)[C@@H]2[C@@H]1C[C@H]1C(=O)N3[C@H]4[C@H](C[C@H]3C(=O)N21)[C@@H](O[Si](C)(C)C(C)(C)C)CC[C@@H]4O. The van der Waals surface area contributed by atoms with Crippen LogP contribution in [0.5, 0.6) is 0 Å². The highest BCUT2D eigenvalue weighted by atomic mass is 28.4. The van der Waals surface area contributed by atoms with E-state index in [0.29, 0.717) is 25.7 Å². The number of aliphatic hydroxyl groups excluding tert-OH is 2. The van der Waals surface area contributed by atoms with Gasteiger partial charge in [0.1, 0.15) is 12.1 Å². The van der Waals surface area contributed by atoms with E-state index in [-0.39, 0.29) is 58.0 Å². The third kappa shape index (κ3) is 4.76. The van der Waals surface area contributed by atoms with E-state index in [1.54, 1.807) is 9.80 Å². The summed E-state index contributed by atoms with van der Waals surface area (Å²) in [5.41, 5.74) is 0. The highest BCUT2D eigenvalue weighted by molar-refractivity contribution is 6.74. The Labute approximate surface area is 243 Å². The smallest absolute Gasteiger partial charge is 0.246 e. The summed E-state index contributed by atoms with van der Waals surface area (Å²) in [6.07, 6.45) is 2.26. The van der Waals surface area contributed by atoms with Crippen molar-refractivity contribution in [2.24, 2.45) is 11.8 Å². The van der Waals surface area contributed by atoms with Crippen LogP contribution in [0.3, 0.4) is 0 Å². The van der Waals surface area contributed by atoms with E-state index < -0.39 is 40.9 Å². The van der Waals surface area contributed by atoms with Crippen molar-refractivity contribution in [1.82, 2.24) is 9.80 Å². The number of piperazine rings is 1. The van der Waals surface area contributed by atoms with Gasteiger partial charge in [-0.1, -0.05) is 41.5 Å². The molecule has 0 aromatic carbocycles. The Hall–Kier alpha value is -0.786. The van der Waals surface area contributed by atoms with Gasteiger partial charge in [-0.25, -0.2) is 0 Å². The van der Waals surface area contributed by atoms with E-state index in [4.69, 9.17) is 8.85 Å². The van der Waals surface area contributed by atoms with Gasteiger partial charge in [-0.15, -0.1) is 0 Å². The molecule has 5 fully saturated rings. The first-order valence-electron chi connectivity index (χ1n) is 15.6. The standard InChI is InChI=1S/C30H54N2O6Si2/c1-29(2,3)39(7,8)37-23-13-11-21(33)25-17(23)15-19-27(35)32-20(28(36)31(19)25)16-18-24(14-12-22(34)26(18)32)38-40(9,10)30(4,5)6/h17-26,33-34H,11-16H2,1-10H3/t17-,18-,19+,20+,21+,22+,23+,24+,25+,26+/m1/s1. The topological polar surface area (TPSA) is 99.5 Å². The Kier molecular flexibility index (Phi) is 7.57. The summed E-state index contributed by atoms with van der Waals surface area (Å²) < 4.78 is 13.8. The Bertz CT molecular complexity index is 943. The average Bonchev–Trinajstić information content (AvgIpc) is 3.42. The number of carbonyl (C=O) groups is 2. The molecular formula is C30H54N2O6Si2. The zero-order valence-corrected chi connectivity index (χ0v) is 28.4. The number of rotatable bonds is 4. The molecule has 3 heterocycles. The van der Waals surface area contributed by atoms with Crippen LogP contribution in [0.15, 0.2) is 0 Å². The quantitative estimate of drug-likeness (QED) is 0.472.